The molecular formula is C15H18FN3O. The summed E-state index contributed by atoms with van der Waals surface area (Å²) in [5, 5.41) is 18.1. The number of halogens is 1. The Bertz CT molecular complexity index is 630. The second-order valence-corrected chi connectivity index (χ2v) is 5.89. The Balaban J connectivity index is 2.00. The van der Waals surface area contributed by atoms with Gasteiger partial charge in [-0.15, -0.1) is 5.10 Å². The number of hydrogen-bond acceptors (Lipinski definition) is 3. The van der Waals surface area contributed by atoms with Crippen LogP contribution >= 0.6 is 0 Å². The van der Waals surface area contributed by atoms with Gasteiger partial charge >= 0.3 is 0 Å². The van der Waals surface area contributed by atoms with Crippen molar-refractivity contribution >= 4 is 0 Å². The summed E-state index contributed by atoms with van der Waals surface area (Å²) in [7, 11) is 0. The number of aryl methyl sites for hydroxylation is 1. The van der Waals surface area contributed by atoms with E-state index >= 15 is 0 Å². The van der Waals surface area contributed by atoms with Crippen LogP contribution in [0.25, 0.3) is 0 Å². The van der Waals surface area contributed by atoms with E-state index in [4.69, 9.17) is 0 Å². The molecular weight excluding hydrogens is 257 g/mol. The molecule has 0 aliphatic heterocycles. The second kappa shape index (κ2) is 4.66. The van der Waals surface area contributed by atoms with E-state index in [1.807, 2.05) is 6.07 Å². The average molecular weight is 275 g/mol. The molecule has 1 N–H and O–H groups in total. The highest BCUT2D eigenvalue weighted by Gasteiger charge is 2.26. The molecule has 1 aromatic carbocycles. The molecule has 1 aliphatic carbocycles. The molecule has 0 saturated carbocycles. The minimum Gasteiger partial charge on any atom is -0.384 e. The van der Waals surface area contributed by atoms with Gasteiger partial charge in [-0.3, -0.25) is 0 Å². The molecule has 0 fully saturated rings. The van der Waals surface area contributed by atoms with Gasteiger partial charge in [-0.2, -0.15) is 0 Å². The first-order valence-corrected chi connectivity index (χ1v) is 6.88. The van der Waals surface area contributed by atoms with E-state index in [1.165, 1.54) is 11.6 Å². The van der Waals surface area contributed by atoms with Crippen LogP contribution in [0.15, 0.2) is 24.4 Å². The molecule has 106 valence electrons. The Morgan fingerprint density at radius 3 is 2.90 bits per heavy atom. The fourth-order valence-corrected chi connectivity index (χ4v) is 2.73. The van der Waals surface area contributed by atoms with Crippen LogP contribution in [0.2, 0.25) is 0 Å². The number of rotatable bonds is 2. The summed E-state index contributed by atoms with van der Waals surface area (Å²) in [6, 6.07) is 4.94. The van der Waals surface area contributed by atoms with Crippen LogP contribution in [0.1, 0.15) is 49.6 Å². The van der Waals surface area contributed by atoms with Gasteiger partial charge in [-0.1, -0.05) is 11.3 Å². The molecule has 20 heavy (non-hydrogen) atoms. The van der Waals surface area contributed by atoms with Gasteiger partial charge in [0.25, 0.3) is 0 Å². The molecule has 1 unspecified atom stereocenters. The lowest BCUT2D eigenvalue weighted by atomic mass is 9.87. The SMILES string of the molecule is CC(C)(O)c1cn(C2CCCc3ccc(F)cc32)nn1. The summed E-state index contributed by atoms with van der Waals surface area (Å²) < 4.78 is 15.2. The molecule has 1 aromatic heterocycles. The first kappa shape index (κ1) is 13.2. The number of benzene rings is 1. The monoisotopic (exact) mass is 275 g/mol. The maximum Gasteiger partial charge on any atom is 0.123 e. The molecule has 3 rings (SSSR count). The van der Waals surface area contributed by atoms with E-state index in [0.717, 1.165) is 24.8 Å². The summed E-state index contributed by atoms with van der Waals surface area (Å²) in [5.74, 6) is -0.224. The summed E-state index contributed by atoms with van der Waals surface area (Å²) in [4.78, 5) is 0. The first-order chi connectivity index (χ1) is 9.45. The predicted molar refractivity (Wildman–Crippen MR) is 72.7 cm³/mol. The van der Waals surface area contributed by atoms with Crippen molar-refractivity contribution in [3.8, 4) is 0 Å². The Morgan fingerprint density at radius 1 is 1.40 bits per heavy atom. The smallest absolute Gasteiger partial charge is 0.123 e. The largest absolute Gasteiger partial charge is 0.384 e. The Hall–Kier alpha value is -1.75. The molecule has 2 aromatic rings. The first-order valence-electron chi connectivity index (χ1n) is 6.88. The van der Waals surface area contributed by atoms with Crippen molar-refractivity contribution in [3.05, 3.63) is 47.0 Å². The molecule has 0 bridgehead atoms. The van der Waals surface area contributed by atoms with E-state index < -0.39 is 5.60 Å². The highest BCUT2D eigenvalue weighted by atomic mass is 19.1. The van der Waals surface area contributed by atoms with Crippen molar-refractivity contribution < 1.29 is 9.50 Å². The van der Waals surface area contributed by atoms with Crippen molar-refractivity contribution in [2.24, 2.45) is 0 Å². The molecule has 1 aliphatic rings. The fourth-order valence-electron chi connectivity index (χ4n) is 2.73. The third-order valence-electron chi connectivity index (χ3n) is 3.85. The van der Waals surface area contributed by atoms with Crippen molar-refractivity contribution in [1.29, 1.82) is 0 Å². The molecule has 0 amide bonds. The van der Waals surface area contributed by atoms with E-state index in [1.54, 1.807) is 30.8 Å². The lowest BCUT2D eigenvalue weighted by Gasteiger charge is -2.25. The zero-order valence-corrected chi connectivity index (χ0v) is 11.7. The molecule has 1 heterocycles. The number of aliphatic hydroxyl groups is 1. The maximum atomic E-state index is 13.5. The predicted octanol–water partition coefficient (Wildman–Crippen LogP) is 2.57. The van der Waals surface area contributed by atoms with Crippen molar-refractivity contribution in [2.75, 3.05) is 0 Å². The standard InChI is InChI=1S/C15H18FN3O/c1-15(2,20)14-9-19(18-17-14)13-5-3-4-10-6-7-11(16)8-12(10)13/h6-9,13,20H,3-5H2,1-2H3. The quantitative estimate of drug-likeness (QED) is 0.916. The summed E-state index contributed by atoms with van der Waals surface area (Å²) in [6.07, 6.45) is 4.68. The van der Waals surface area contributed by atoms with Crippen molar-refractivity contribution in [2.45, 2.75) is 44.8 Å². The van der Waals surface area contributed by atoms with Crippen LogP contribution in [0.4, 0.5) is 4.39 Å². The van der Waals surface area contributed by atoms with Crippen LogP contribution in [0.3, 0.4) is 0 Å². The van der Waals surface area contributed by atoms with Crippen LogP contribution in [0.5, 0.6) is 0 Å². The number of hydrogen-bond donors (Lipinski definition) is 1. The molecule has 0 radical (unpaired) electrons. The highest BCUT2D eigenvalue weighted by molar-refractivity contribution is 5.33. The van der Waals surface area contributed by atoms with Crippen LogP contribution in [0, 0.1) is 5.82 Å². The molecule has 1 atom stereocenters. The Morgan fingerprint density at radius 2 is 2.20 bits per heavy atom. The number of fused-ring (bicyclic) bond motifs is 1. The maximum absolute atomic E-state index is 13.5. The number of nitrogens with zero attached hydrogens (tertiary/aromatic N) is 3. The van der Waals surface area contributed by atoms with Crippen molar-refractivity contribution in [1.82, 2.24) is 15.0 Å². The summed E-state index contributed by atoms with van der Waals surface area (Å²) in [6.45, 7) is 3.35. The minimum absolute atomic E-state index is 0.00181. The van der Waals surface area contributed by atoms with Gasteiger partial charge < -0.3 is 5.11 Å². The van der Waals surface area contributed by atoms with E-state index in [0.29, 0.717) is 5.69 Å². The Kier molecular flexibility index (Phi) is 3.09. The van der Waals surface area contributed by atoms with E-state index in [9.17, 15) is 9.50 Å². The molecule has 4 nitrogen and oxygen atoms in total. The molecule has 5 heteroatoms. The second-order valence-electron chi connectivity index (χ2n) is 5.89. The van der Waals surface area contributed by atoms with Crippen LogP contribution in [-0.2, 0) is 12.0 Å². The van der Waals surface area contributed by atoms with Gasteiger partial charge in [0.2, 0.25) is 0 Å². The topological polar surface area (TPSA) is 50.9 Å². The lowest BCUT2D eigenvalue weighted by Crippen LogP contribution is -2.18. The van der Waals surface area contributed by atoms with Gasteiger partial charge in [0.1, 0.15) is 17.1 Å². The van der Waals surface area contributed by atoms with E-state index in [-0.39, 0.29) is 11.9 Å². The number of aromatic nitrogens is 3. The van der Waals surface area contributed by atoms with Gasteiger partial charge in [0.05, 0.1) is 12.2 Å². The summed E-state index contributed by atoms with van der Waals surface area (Å²) in [5.41, 5.74) is 1.66. The van der Waals surface area contributed by atoms with Crippen molar-refractivity contribution in [3.63, 3.8) is 0 Å². The molecule has 0 spiro atoms. The Labute approximate surface area is 117 Å². The van der Waals surface area contributed by atoms with Gasteiger partial charge in [0.15, 0.2) is 0 Å². The normalized spacial score (nSPS) is 18.9. The zero-order valence-electron chi connectivity index (χ0n) is 11.7. The van der Waals surface area contributed by atoms with Gasteiger partial charge in [-0.25, -0.2) is 9.07 Å². The third-order valence-corrected chi connectivity index (χ3v) is 3.85. The zero-order chi connectivity index (χ0) is 14.3. The third kappa shape index (κ3) is 2.33. The van der Waals surface area contributed by atoms with Crippen LogP contribution in [-0.4, -0.2) is 20.1 Å². The average Bonchev–Trinajstić information content (AvgIpc) is 2.87. The lowest BCUT2D eigenvalue weighted by molar-refractivity contribution is 0.0737. The van der Waals surface area contributed by atoms with Crippen LogP contribution < -0.4 is 0 Å². The highest BCUT2D eigenvalue weighted by Crippen LogP contribution is 2.33. The van der Waals surface area contributed by atoms with E-state index in [2.05, 4.69) is 10.3 Å². The summed E-state index contributed by atoms with van der Waals surface area (Å²) >= 11 is 0. The fraction of sp³-hybridized carbons (Fsp3) is 0.467. The van der Waals surface area contributed by atoms with Gasteiger partial charge in [0, 0.05) is 0 Å². The minimum atomic E-state index is -1.02. The van der Waals surface area contributed by atoms with Gasteiger partial charge in [-0.05, 0) is 56.4 Å². The molecule has 0 saturated heterocycles.